The van der Waals surface area contributed by atoms with Crippen LogP contribution in [0.3, 0.4) is 0 Å². The van der Waals surface area contributed by atoms with Crippen molar-refractivity contribution in [2.75, 3.05) is 6.61 Å². The molecule has 0 spiro atoms. The molecule has 1 fully saturated rings. The Morgan fingerprint density at radius 3 is 2.14 bits per heavy atom. The zero-order valence-corrected chi connectivity index (χ0v) is 19.3. The summed E-state index contributed by atoms with van der Waals surface area (Å²) < 4.78 is 35.4. The molecule has 35 heavy (non-hydrogen) atoms. The van der Waals surface area contributed by atoms with Crippen molar-refractivity contribution in [1.29, 1.82) is 0 Å². The van der Waals surface area contributed by atoms with E-state index in [-0.39, 0.29) is 25.4 Å². The molecule has 2 aliphatic carbocycles. The molecule has 9 heteroatoms. The predicted molar refractivity (Wildman–Crippen MR) is 124 cm³/mol. The summed E-state index contributed by atoms with van der Waals surface area (Å²) in [6, 6.07) is 13.1. The van der Waals surface area contributed by atoms with E-state index < -0.39 is 41.9 Å². The zero-order valence-electron chi connectivity index (χ0n) is 19.3. The van der Waals surface area contributed by atoms with Gasteiger partial charge in [-0.1, -0.05) is 48.5 Å². The van der Waals surface area contributed by atoms with Crippen LogP contribution in [0.1, 0.15) is 49.7 Å². The molecule has 186 valence electrons. The number of carbonyl (C=O) groups is 3. The Kier molecular flexibility index (Phi) is 7.05. The number of carboxylic acid groups (broad SMARTS) is 1. The first kappa shape index (κ1) is 24.6. The Hall–Kier alpha value is -3.49. The summed E-state index contributed by atoms with van der Waals surface area (Å²) in [6.45, 7) is 1.43. The summed E-state index contributed by atoms with van der Waals surface area (Å²) in [5.74, 6) is -7.24. The van der Waals surface area contributed by atoms with Gasteiger partial charge in [0.05, 0.1) is 0 Å². The Morgan fingerprint density at radius 1 is 1.03 bits per heavy atom. The number of fused-ring (bicyclic) bond motifs is 3. The lowest BCUT2D eigenvalue weighted by Crippen LogP contribution is -2.58. The summed E-state index contributed by atoms with van der Waals surface area (Å²) >= 11 is 0. The van der Waals surface area contributed by atoms with Gasteiger partial charge >= 0.3 is 18.0 Å². The highest BCUT2D eigenvalue weighted by Gasteiger charge is 2.54. The fraction of sp³-hybridized carbons (Fsp3) is 0.423. The first-order valence-electron chi connectivity index (χ1n) is 11.7. The van der Waals surface area contributed by atoms with E-state index in [1.54, 1.807) is 0 Å². The van der Waals surface area contributed by atoms with Crippen LogP contribution in [0.2, 0.25) is 0 Å². The lowest BCUT2D eigenvalue weighted by molar-refractivity contribution is -0.151. The molecule has 2 amide bonds. The molecule has 0 saturated heterocycles. The highest BCUT2D eigenvalue weighted by molar-refractivity contribution is 5.85. The summed E-state index contributed by atoms with van der Waals surface area (Å²) in [7, 11) is 0. The number of rotatable bonds is 10. The number of carbonyl (C=O) groups excluding carboxylic acids is 2. The van der Waals surface area contributed by atoms with Crippen molar-refractivity contribution >= 4 is 18.0 Å². The number of alkyl halides is 2. The molecular weight excluding hydrogens is 458 g/mol. The van der Waals surface area contributed by atoms with Crippen molar-refractivity contribution in [3.05, 3.63) is 59.7 Å². The number of benzene rings is 2. The summed E-state index contributed by atoms with van der Waals surface area (Å²) in [4.78, 5) is 35.6. The molecule has 2 unspecified atom stereocenters. The van der Waals surface area contributed by atoms with Crippen LogP contribution in [-0.2, 0) is 14.3 Å². The Bertz CT molecular complexity index is 1070. The number of ether oxygens (including phenoxy) is 1. The summed E-state index contributed by atoms with van der Waals surface area (Å²) in [5, 5.41) is 13.1. The van der Waals surface area contributed by atoms with Crippen molar-refractivity contribution in [2.24, 2.45) is 5.92 Å². The van der Waals surface area contributed by atoms with E-state index in [2.05, 4.69) is 10.6 Å². The van der Waals surface area contributed by atoms with E-state index >= 15 is 8.78 Å². The van der Waals surface area contributed by atoms with Gasteiger partial charge in [0, 0.05) is 18.4 Å². The third-order valence-electron chi connectivity index (χ3n) is 6.57. The van der Waals surface area contributed by atoms with Gasteiger partial charge in [0.25, 0.3) is 5.91 Å². The molecule has 0 radical (unpaired) electrons. The van der Waals surface area contributed by atoms with Crippen LogP contribution in [-0.4, -0.2) is 47.7 Å². The van der Waals surface area contributed by atoms with Crippen LogP contribution in [0.15, 0.2) is 48.5 Å². The first-order valence-corrected chi connectivity index (χ1v) is 11.7. The number of halogens is 2. The monoisotopic (exact) mass is 486 g/mol. The molecule has 0 aromatic heterocycles. The molecule has 0 heterocycles. The van der Waals surface area contributed by atoms with Crippen LogP contribution in [0, 0.1) is 5.92 Å². The largest absolute Gasteiger partial charge is 0.481 e. The van der Waals surface area contributed by atoms with Gasteiger partial charge in [-0.3, -0.25) is 9.59 Å². The number of hydrogen-bond acceptors (Lipinski definition) is 4. The summed E-state index contributed by atoms with van der Waals surface area (Å²) in [5.41, 5.74) is 4.10. The lowest BCUT2D eigenvalue weighted by atomic mass is 9.98. The SMILES string of the molecule is CC(CCC(=O)O)NC(=O)C(F)(F)C(NC(=O)OCC1c2ccccc2-c2ccccc21)C1CC1. The van der Waals surface area contributed by atoms with Gasteiger partial charge < -0.3 is 20.5 Å². The molecule has 7 nitrogen and oxygen atoms in total. The number of nitrogens with one attached hydrogen (secondary N) is 2. The average molecular weight is 487 g/mol. The molecule has 2 aromatic rings. The van der Waals surface area contributed by atoms with Crippen LogP contribution in [0.5, 0.6) is 0 Å². The Labute approximate surface area is 201 Å². The Balaban J connectivity index is 1.39. The molecule has 1 saturated carbocycles. The van der Waals surface area contributed by atoms with Crippen LogP contribution in [0.25, 0.3) is 11.1 Å². The summed E-state index contributed by atoms with van der Waals surface area (Å²) in [6.07, 6.45) is -0.310. The van der Waals surface area contributed by atoms with Gasteiger partial charge in [0.2, 0.25) is 0 Å². The maximum Gasteiger partial charge on any atom is 0.407 e. The molecule has 4 rings (SSSR count). The van der Waals surface area contributed by atoms with Crippen molar-refractivity contribution < 1.29 is 33.0 Å². The zero-order chi connectivity index (χ0) is 25.2. The van der Waals surface area contributed by atoms with Crippen molar-refractivity contribution in [1.82, 2.24) is 10.6 Å². The van der Waals surface area contributed by atoms with E-state index in [0.717, 1.165) is 22.3 Å². The number of hydrogen-bond donors (Lipinski definition) is 3. The van der Waals surface area contributed by atoms with Gasteiger partial charge in [0.1, 0.15) is 12.6 Å². The topological polar surface area (TPSA) is 105 Å². The van der Waals surface area contributed by atoms with Crippen molar-refractivity contribution in [2.45, 2.75) is 56.5 Å². The van der Waals surface area contributed by atoms with E-state index in [0.29, 0.717) is 12.8 Å². The number of aliphatic carboxylic acids is 1. The van der Waals surface area contributed by atoms with Gasteiger partial charge in [-0.2, -0.15) is 8.78 Å². The fourth-order valence-corrected chi connectivity index (χ4v) is 4.57. The van der Waals surface area contributed by atoms with E-state index in [9.17, 15) is 14.4 Å². The van der Waals surface area contributed by atoms with Gasteiger partial charge in [-0.25, -0.2) is 4.79 Å². The predicted octanol–water partition coefficient (Wildman–Crippen LogP) is 4.31. The molecular formula is C26H28F2N2O5. The molecule has 0 aliphatic heterocycles. The standard InChI is InChI=1S/C26H28F2N2O5/c1-15(10-13-22(31)32)29-24(33)26(27,28)23(16-11-12-16)30-25(34)35-14-21-19-8-4-2-6-17(19)18-7-3-5-9-20(18)21/h2-9,15-16,21,23H,10-14H2,1H3,(H,29,33)(H,30,34)(H,31,32). The third kappa shape index (κ3) is 5.44. The Morgan fingerprint density at radius 2 is 1.60 bits per heavy atom. The molecule has 2 aliphatic rings. The van der Waals surface area contributed by atoms with Gasteiger partial charge in [0.15, 0.2) is 0 Å². The quantitative estimate of drug-likeness (QED) is 0.464. The van der Waals surface area contributed by atoms with Crippen LogP contribution < -0.4 is 10.6 Å². The van der Waals surface area contributed by atoms with Crippen LogP contribution in [0.4, 0.5) is 13.6 Å². The maximum absolute atomic E-state index is 15.0. The fourth-order valence-electron chi connectivity index (χ4n) is 4.57. The van der Waals surface area contributed by atoms with Gasteiger partial charge in [-0.05, 0) is 54.4 Å². The third-order valence-corrected chi connectivity index (χ3v) is 6.57. The second-order valence-electron chi connectivity index (χ2n) is 9.21. The highest BCUT2D eigenvalue weighted by Crippen LogP contribution is 2.44. The average Bonchev–Trinajstić information content (AvgIpc) is 3.62. The number of carboxylic acids is 1. The van der Waals surface area contributed by atoms with Gasteiger partial charge in [-0.15, -0.1) is 0 Å². The molecule has 2 atom stereocenters. The molecule has 0 bridgehead atoms. The number of amides is 2. The molecule has 2 aromatic carbocycles. The lowest BCUT2D eigenvalue weighted by Gasteiger charge is -2.28. The van der Waals surface area contributed by atoms with E-state index in [4.69, 9.17) is 9.84 Å². The smallest absolute Gasteiger partial charge is 0.407 e. The minimum atomic E-state index is -3.87. The van der Waals surface area contributed by atoms with E-state index in [1.165, 1.54) is 6.92 Å². The maximum atomic E-state index is 15.0. The van der Waals surface area contributed by atoms with Crippen molar-refractivity contribution in [3.8, 4) is 11.1 Å². The van der Waals surface area contributed by atoms with Crippen LogP contribution >= 0.6 is 0 Å². The highest BCUT2D eigenvalue weighted by atomic mass is 19.3. The molecule has 3 N–H and O–H groups in total. The second-order valence-corrected chi connectivity index (χ2v) is 9.21. The number of alkyl carbamates (subject to hydrolysis) is 1. The normalized spacial score (nSPS) is 16.5. The minimum absolute atomic E-state index is 0.0189. The second kappa shape index (κ2) is 10.0. The van der Waals surface area contributed by atoms with Crippen molar-refractivity contribution in [3.63, 3.8) is 0 Å². The minimum Gasteiger partial charge on any atom is -0.481 e. The first-order chi connectivity index (χ1) is 16.7. The van der Waals surface area contributed by atoms with E-state index in [1.807, 2.05) is 48.5 Å².